The maximum atomic E-state index is 14.5. The number of aryl methyl sites for hydroxylation is 1. The average Bonchev–Trinajstić information content (AvgIpc) is 3.39. The molecule has 0 amide bonds. The van der Waals surface area contributed by atoms with Crippen LogP contribution in [0, 0.1) is 18.6 Å². The normalized spacial score (nSPS) is 23.6. The third kappa shape index (κ3) is 4.12. The van der Waals surface area contributed by atoms with E-state index in [2.05, 4.69) is 20.6 Å². The van der Waals surface area contributed by atoms with Crippen LogP contribution in [-0.4, -0.2) is 50.0 Å². The number of benzene rings is 1. The van der Waals surface area contributed by atoms with Crippen LogP contribution >= 0.6 is 0 Å². The molecule has 170 valence electrons. The summed E-state index contributed by atoms with van der Waals surface area (Å²) in [6, 6.07) is 2.32. The highest BCUT2D eigenvalue weighted by Gasteiger charge is 2.26. The van der Waals surface area contributed by atoms with Crippen LogP contribution in [0.25, 0.3) is 11.2 Å². The largest absolute Gasteiger partial charge is 0.393 e. The van der Waals surface area contributed by atoms with Gasteiger partial charge in [0.2, 0.25) is 11.9 Å². The van der Waals surface area contributed by atoms with Crippen LogP contribution < -0.4 is 10.6 Å². The van der Waals surface area contributed by atoms with Gasteiger partial charge in [0.15, 0.2) is 5.65 Å². The molecule has 1 aromatic carbocycles. The molecular weight excluding hydrogens is 418 g/mol. The number of rotatable bonds is 5. The van der Waals surface area contributed by atoms with E-state index in [0.29, 0.717) is 41.8 Å². The number of imidazole rings is 1. The molecule has 2 aliphatic rings. The predicted octanol–water partition coefficient (Wildman–Crippen LogP) is 3.83. The molecule has 0 radical (unpaired) electrons. The molecule has 2 fully saturated rings. The number of halogens is 2. The summed E-state index contributed by atoms with van der Waals surface area (Å²) in [7, 11) is 0. The topological polar surface area (TPSA) is 97.1 Å². The van der Waals surface area contributed by atoms with E-state index >= 15 is 0 Å². The van der Waals surface area contributed by atoms with E-state index in [-0.39, 0.29) is 23.9 Å². The lowest BCUT2D eigenvalue weighted by atomic mass is 9.93. The lowest BCUT2D eigenvalue weighted by molar-refractivity contribution is 0.126. The monoisotopic (exact) mass is 444 g/mol. The Morgan fingerprint density at radius 2 is 1.94 bits per heavy atom. The number of nitrogens with zero attached hydrogens (tertiary/aromatic N) is 4. The van der Waals surface area contributed by atoms with E-state index in [0.717, 1.165) is 38.2 Å². The van der Waals surface area contributed by atoms with Crippen LogP contribution in [0.3, 0.4) is 0 Å². The summed E-state index contributed by atoms with van der Waals surface area (Å²) in [5.41, 5.74) is 1.81. The lowest BCUT2D eigenvalue weighted by Gasteiger charge is -2.26. The van der Waals surface area contributed by atoms with Gasteiger partial charge in [0.25, 0.3) is 0 Å². The first kappa shape index (κ1) is 21.0. The molecule has 1 aliphatic heterocycles. The van der Waals surface area contributed by atoms with E-state index in [1.54, 1.807) is 13.1 Å². The van der Waals surface area contributed by atoms with Crippen molar-refractivity contribution < 1.29 is 18.6 Å². The molecule has 1 aliphatic carbocycles. The van der Waals surface area contributed by atoms with Gasteiger partial charge in [-0.05, 0) is 50.7 Å². The fraction of sp³-hybridized carbons (Fsp3) is 0.500. The minimum atomic E-state index is -0.684. The summed E-state index contributed by atoms with van der Waals surface area (Å²) in [6.45, 7) is 2.76. The summed E-state index contributed by atoms with van der Waals surface area (Å²) < 4.78 is 35.5. The lowest BCUT2D eigenvalue weighted by Crippen LogP contribution is -2.29. The number of nitrogens with one attached hydrogen (secondary N) is 2. The van der Waals surface area contributed by atoms with Gasteiger partial charge in [0.05, 0.1) is 30.6 Å². The molecule has 2 aromatic heterocycles. The fourth-order valence-electron chi connectivity index (χ4n) is 4.50. The van der Waals surface area contributed by atoms with Gasteiger partial charge in [-0.1, -0.05) is 0 Å². The summed E-state index contributed by atoms with van der Waals surface area (Å²) in [4.78, 5) is 13.7. The maximum Gasteiger partial charge on any atom is 0.224 e. The van der Waals surface area contributed by atoms with E-state index < -0.39 is 11.6 Å². The molecule has 0 spiro atoms. The Morgan fingerprint density at radius 1 is 1.12 bits per heavy atom. The highest BCUT2D eigenvalue weighted by atomic mass is 19.1. The van der Waals surface area contributed by atoms with Crippen molar-refractivity contribution in [3.8, 4) is 0 Å². The van der Waals surface area contributed by atoms with E-state index in [1.807, 2.05) is 4.57 Å². The SMILES string of the molecule is Cc1cc(F)cc(F)c1Nc1nc2cnc(N[C@H]3CC[C@H](O)CC3)nc2n1[C@H]1CCOC1. The Balaban J connectivity index is 1.51. The minimum absolute atomic E-state index is 0.0149. The van der Waals surface area contributed by atoms with E-state index in [9.17, 15) is 13.9 Å². The number of fused-ring (bicyclic) bond motifs is 1. The number of ether oxygens (including phenoxy) is 1. The molecule has 3 aromatic rings. The second-order valence-corrected chi connectivity index (χ2v) is 8.58. The molecular formula is C22H26F2N6O2. The second-order valence-electron chi connectivity index (χ2n) is 8.58. The Kier molecular flexibility index (Phi) is 5.64. The summed E-state index contributed by atoms with van der Waals surface area (Å²) in [5.74, 6) is -0.400. The molecule has 0 unspecified atom stereocenters. The predicted molar refractivity (Wildman–Crippen MR) is 116 cm³/mol. The Hall–Kier alpha value is -2.85. The minimum Gasteiger partial charge on any atom is -0.393 e. The van der Waals surface area contributed by atoms with Gasteiger partial charge in [-0.3, -0.25) is 4.57 Å². The fourth-order valence-corrected chi connectivity index (χ4v) is 4.50. The van der Waals surface area contributed by atoms with Gasteiger partial charge in [-0.15, -0.1) is 0 Å². The molecule has 8 nitrogen and oxygen atoms in total. The van der Waals surface area contributed by atoms with Crippen LogP contribution in [0.4, 0.5) is 26.4 Å². The van der Waals surface area contributed by atoms with Crippen molar-refractivity contribution in [1.29, 1.82) is 0 Å². The van der Waals surface area contributed by atoms with Crippen molar-refractivity contribution in [2.24, 2.45) is 0 Å². The Morgan fingerprint density at radius 3 is 2.66 bits per heavy atom. The van der Waals surface area contributed by atoms with Crippen LogP contribution in [0.1, 0.15) is 43.7 Å². The van der Waals surface area contributed by atoms with Crippen molar-refractivity contribution in [2.45, 2.75) is 57.2 Å². The number of aliphatic hydroxyl groups excluding tert-OH is 1. The molecule has 32 heavy (non-hydrogen) atoms. The molecule has 10 heteroatoms. The zero-order chi connectivity index (χ0) is 22.2. The molecule has 1 saturated carbocycles. The third-order valence-electron chi connectivity index (χ3n) is 6.22. The molecule has 1 saturated heterocycles. The van der Waals surface area contributed by atoms with Crippen LogP contribution in [-0.2, 0) is 4.74 Å². The van der Waals surface area contributed by atoms with Crippen molar-refractivity contribution in [3.05, 3.63) is 35.5 Å². The van der Waals surface area contributed by atoms with Crippen LogP contribution in [0.15, 0.2) is 18.3 Å². The van der Waals surface area contributed by atoms with Crippen molar-refractivity contribution in [1.82, 2.24) is 19.5 Å². The third-order valence-corrected chi connectivity index (χ3v) is 6.22. The van der Waals surface area contributed by atoms with Gasteiger partial charge >= 0.3 is 0 Å². The maximum absolute atomic E-state index is 14.5. The van der Waals surface area contributed by atoms with Gasteiger partial charge < -0.3 is 20.5 Å². The van der Waals surface area contributed by atoms with E-state index in [4.69, 9.17) is 9.72 Å². The van der Waals surface area contributed by atoms with Crippen molar-refractivity contribution in [3.63, 3.8) is 0 Å². The molecule has 3 heterocycles. The first-order chi connectivity index (χ1) is 15.5. The molecule has 0 bridgehead atoms. The standard InChI is InChI=1S/C22H26F2N6O2/c1-12-8-13(23)9-17(24)19(12)28-22-27-18-10-25-21(26-14-2-4-16(31)5-3-14)29-20(18)30(22)15-6-7-32-11-15/h8-10,14-16,31H,2-7,11H2,1H3,(H,27,28)(H,25,26,29)/t14-,15-,16-/m0/s1. The highest BCUT2D eigenvalue weighted by molar-refractivity contribution is 5.77. The zero-order valence-corrected chi connectivity index (χ0v) is 17.8. The molecule has 5 rings (SSSR count). The highest BCUT2D eigenvalue weighted by Crippen LogP contribution is 2.32. The van der Waals surface area contributed by atoms with Crippen molar-refractivity contribution >= 4 is 28.7 Å². The Bertz CT molecular complexity index is 1100. The van der Waals surface area contributed by atoms with Gasteiger partial charge in [-0.25, -0.2) is 18.7 Å². The number of hydrogen-bond acceptors (Lipinski definition) is 7. The number of aromatic nitrogens is 4. The summed E-state index contributed by atoms with van der Waals surface area (Å²) in [6.07, 6.45) is 5.42. The first-order valence-electron chi connectivity index (χ1n) is 11.0. The van der Waals surface area contributed by atoms with Gasteiger partial charge in [0, 0.05) is 18.7 Å². The number of hydrogen-bond donors (Lipinski definition) is 3. The zero-order valence-electron chi connectivity index (χ0n) is 17.8. The van der Waals surface area contributed by atoms with E-state index in [1.165, 1.54) is 6.07 Å². The molecule has 3 N–H and O–H groups in total. The number of aliphatic hydroxyl groups is 1. The summed E-state index contributed by atoms with van der Waals surface area (Å²) in [5, 5.41) is 16.1. The summed E-state index contributed by atoms with van der Waals surface area (Å²) >= 11 is 0. The van der Waals surface area contributed by atoms with Crippen molar-refractivity contribution in [2.75, 3.05) is 23.8 Å². The average molecular weight is 444 g/mol. The van der Waals surface area contributed by atoms with Gasteiger partial charge in [-0.2, -0.15) is 4.98 Å². The van der Waals surface area contributed by atoms with Crippen LogP contribution in [0.5, 0.6) is 0 Å². The number of anilines is 3. The smallest absolute Gasteiger partial charge is 0.224 e. The first-order valence-corrected chi connectivity index (χ1v) is 11.0. The second kappa shape index (κ2) is 8.59. The molecule has 1 atom stereocenters. The van der Waals surface area contributed by atoms with Crippen LogP contribution in [0.2, 0.25) is 0 Å². The van der Waals surface area contributed by atoms with Gasteiger partial charge in [0.1, 0.15) is 17.2 Å². The Labute approximate surface area is 184 Å². The quantitative estimate of drug-likeness (QED) is 0.550.